The third kappa shape index (κ3) is 4.09. The van der Waals surface area contributed by atoms with Crippen molar-refractivity contribution in [2.45, 2.75) is 0 Å². The number of aliphatic hydroxyl groups is 1. The van der Waals surface area contributed by atoms with Gasteiger partial charge in [0.15, 0.2) is 17.4 Å². The smallest absolute Gasteiger partial charge is 0.289 e. The monoisotopic (exact) mass is 382 g/mol. The van der Waals surface area contributed by atoms with Crippen molar-refractivity contribution in [2.75, 3.05) is 24.3 Å². The lowest BCUT2D eigenvalue weighted by atomic mass is 10.2. The van der Waals surface area contributed by atoms with E-state index in [-0.39, 0.29) is 5.76 Å². The first-order chi connectivity index (χ1) is 12.6. The molecule has 0 unspecified atom stereocenters. The van der Waals surface area contributed by atoms with Gasteiger partial charge in [-0.25, -0.2) is 0 Å². The Balaban J connectivity index is 2.02. The first-order valence-corrected chi connectivity index (χ1v) is 9.37. The summed E-state index contributed by atoms with van der Waals surface area (Å²) < 4.78 is 1.83. The molecule has 0 radical (unpaired) electrons. The lowest BCUT2D eigenvalue weighted by Gasteiger charge is -2.12. The number of anilines is 2. The highest BCUT2D eigenvalue weighted by atomic mass is 32.1. The molecule has 2 N–H and O–H groups in total. The molecule has 0 amide bonds. The van der Waals surface area contributed by atoms with E-state index in [1.807, 2.05) is 95.9 Å². The van der Waals surface area contributed by atoms with Gasteiger partial charge in [0.05, 0.1) is 4.88 Å². The van der Waals surface area contributed by atoms with Gasteiger partial charge in [0.25, 0.3) is 5.70 Å². The van der Waals surface area contributed by atoms with Gasteiger partial charge in [-0.2, -0.15) is 4.57 Å². The van der Waals surface area contributed by atoms with Gasteiger partial charge in [0.2, 0.25) is 5.76 Å². The number of nitrogens with one attached hydrogen (secondary N) is 1. The summed E-state index contributed by atoms with van der Waals surface area (Å²) in [6.45, 7) is 0. The average Bonchev–Trinajstić information content (AvgIpc) is 3.18. The van der Waals surface area contributed by atoms with Crippen molar-refractivity contribution in [1.29, 1.82) is 0 Å². The van der Waals surface area contributed by atoms with Crippen molar-refractivity contribution in [3.05, 3.63) is 77.2 Å². The second kappa shape index (κ2) is 8.12. The van der Waals surface area contributed by atoms with Crippen molar-refractivity contribution < 1.29 is 9.67 Å². The zero-order chi connectivity index (χ0) is 18.5. The maximum absolute atomic E-state index is 10.9. The van der Waals surface area contributed by atoms with E-state index in [4.69, 9.17) is 12.2 Å². The summed E-state index contributed by atoms with van der Waals surface area (Å²) in [5, 5.41) is 16.0. The van der Waals surface area contributed by atoms with Gasteiger partial charge in [0, 0.05) is 37.6 Å². The molecule has 0 saturated carbocycles. The Kier molecular flexibility index (Phi) is 5.65. The number of thiocarbonyl (C=S) groups is 1. The van der Waals surface area contributed by atoms with Gasteiger partial charge in [-0.3, -0.25) is 0 Å². The highest BCUT2D eigenvalue weighted by Gasteiger charge is 2.24. The van der Waals surface area contributed by atoms with E-state index >= 15 is 0 Å². The number of para-hydroxylation sites is 1. The maximum Gasteiger partial charge on any atom is 0.289 e. The number of hydrogen-bond acceptors (Lipinski definition) is 4. The van der Waals surface area contributed by atoms with Gasteiger partial charge in [-0.15, -0.1) is 11.3 Å². The Morgan fingerprint density at radius 2 is 1.73 bits per heavy atom. The van der Waals surface area contributed by atoms with E-state index in [2.05, 4.69) is 5.32 Å². The lowest BCUT2D eigenvalue weighted by Crippen LogP contribution is -2.38. The van der Waals surface area contributed by atoms with Crippen LogP contribution in [0.2, 0.25) is 0 Å². The Bertz CT molecular complexity index is 902. The fraction of sp³-hybridized carbons (Fsp3) is 0.100. The molecule has 3 aromatic rings. The van der Waals surface area contributed by atoms with Crippen LogP contribution in [0.4, 0.5) is 11.4 Å². The largest absolute Gasteiger partial charge is 0.501 e. The van der Waals surface area contributed by atoms with Crippen molar-refractivity contribution in [1.82, 2.24) is 0 Å². The highest BCUT2D eigenvalue weighted by Crippen LogP contribution is 2.23. The minimum absolute atomic E-state index is 0.149. The van der Waals surface area contributed by atoms with Gasteiger partial charge in [-0.1, -0.05) is 36.5 Å². The number of thiophene rings is 1. The van der Waals surface area contributed by atoms with Crippen LogP contribution < -0.4 is 14.8 Å². The Morgan fingerprint density at radius 3 is 2.31 bits per heavy atom. The van der Waals surface area contributed by atoms with Crippen LogP contribution in [0.5, 0.6) is 0 Å². The van der Waals surface area contributed by atoms with E-state index in [0.717, 1.165) is 16.3 Å². The first-order valence-electron chi connectivity index (χ1n) is 8.09. The van der Waals surface area contributed by atoms with Crippen molar-refractivity contribution in [3.63, 3.8) is 0 Å². The first kappa shape index (κ1) is 18.1. The maximum atomic E-state index is 10.9. The minimum atomic E-state index is 0.149. The Hall–Kier alpha value is -2.70. The van der Waals surface area contributed by atoms with E-state index in [0.29, 0.717) is 10.7 Å². The number of benzene rings is 1. The lowest BCUT2D eigenvalue weighted by molar-refractivity contribution is -0.575. The van der Waals surface area contributed by atoms with Crippen LogP contribution in [0.25, 0.3) is 11.5 Å². The van der Waals surface area contributed by atoms with Gasteiger partial charge < -0.3 is 15.3 Å². The number of pyridine rings is 1. The number of aliphatic hydroxyl groups excluding tert-OH is 1. The molecule has 2 aromatic heterocycles. The molecule has 0 aliphatic heterocycles. The third-order valence-electron chi connectivity index (χ3n) is 3.81. The molecule has 0 spiro atoms. The molecule has 6 heteroatoms. The number of nitrogens with zero attached hydrogens (tertiary/aromatic N) is 2. The zero-order valence-corrected chi connectivity index (χ0v) is 16.2. The molecule has 132 valence electrons. The van der Waals surface area contributed by atoms with Crippen LogP contribution in [-0.2, 0) is 0 Å². The predicted octanol–water partition coefficient (Wildman–Crippen LogP) is 4.42. The second-order valence-electron chi connectivity index (χ2n) is 5.85. The zero-order valence-electron chi connectivity index (χ0n) is 14.6. The summed E-state index contributed by atoms with van der Waals surface area (Å²) in [6, 6.07) is 17.4. The highest BCUT2D eigenvalue weighted by molar-refractivity contribution is 7.81. The summed E-state index contributed by atoms with van der Waals surface area (Å²) >= 11 is 7.09. The molecule has 0 atom stereocenters. The van der Waals surface area contributed by atoms with Crippen molar-refractivity contribution in [2.24, 2.45) is 0 Å². The Labute approximate surface area is 162 Å². The molecular formula is C20H20N3OS2+. The molecule has 1 aromatic carbocycles. The fourth-order valence-electron chi connectivity index (χ4n) is 2.45. The molecule has 26 heavy (non-hydrogen) atoms. The molecule has 0 fully saturated rings. The van der Waals surface area contributed by atoms with Gasteiger partial charge in [0.1, 0.15) is 0 Å². The molecular weight excluding hydrogens is 362 g/mol. The third-order valence-corrected chi connectivity index (χ3v) is 4.98. The molecule has 0 saturated heterocycles. The van der Waals surface area contributed by atoms with E-state index in [1.54, 1.807) is 0 Å². The van der Waals surface area contributed by atoms with Crippen LogP contribution in [0.3, 0.4) is 0 Å². The molecule has 4 nitrogen and oxygen atoms in total. The fourth-order valence-corrected chi connectivity index (χ4v) is 3.44. The van der Waals surface area contributed by atoms with Crippen LogP contribution in [0, 0.1) is 0 Å². The summed E-state index contributed by atoms with van der Waals surface area (Å²) in [5.41, 5.74) is 2.48. The van der Waals surface area contributed by atoms with Crippen molar-refractivity contribution in [3.8, 4) is 0 Å². The van der Waals surface area contributed by atoms with Crippen LogP contribution >= 0.6 is 23.6 Å². The van der Waals surface area contributed by atoms with Crippen LogP contribution in [-0.4, -0.2) is 24.2 Å². The molecule has 2 heterocycles. The number of rotatable bonds is 5. The van der Waals surface area contributed by atoms with Crippen LogP contribution in [0.15, 0.2) is 72.4 Å². The number of aromatic nitrogens is 1. The second-order valence-corrected chi connectivity index (χ2v) is 7.21. The SMILES string of the molecule is CN(C)c1cc[n+](C(C(=S)Nc2ccccc2)=C(O)c2cccs2)cc1. The molecule has 0 aliphatic carbocycles. The minimum Gasteiger partial charge on any atom is -0.501 e. The van der Waals surface area contributed by atoms with Crippen LogP contribution in [0.1, 0.15) is 4.88 Å². The van der Waals surface area contributed by atoms with E-state index in [1.165, 1.54) is 11.3 Å². The quantitative estimate of drug-likeness (QED) is 0.296. The summed E-state index contributed by atoms with van der Waals surface area (Å²) in [4.78, 5) is 3.24. The van der Waals surface area contributed by atoms with Gasteiger partial charge in [-0.05, 0) is 23.6 Å². The average molecular weight is 383 g/mol. The molecule has 0 aliphatic rings. The topological polar surface area (TPSA) is 39.4 Å². The predicted molar refractivity (Wildman–Crippen MR) is 114 cm³/mol. The summed E-state index contributed by atoms with van der Waals surface area (Å²) in [5.74, 6) is 0.149. The number of hydrogen-bond donors (Lipinski definition) is 2. The van der Waals surface area contributed by atoms with Gasteiger partial charge >= 0.3 is 0 Å². The molecule has 0 bridgehead atoms. The van der Waals surface area contributed by atoms with Crippen molar-refractivity contribution >= 4 is 51.4 Å². The normalized spacial score (nSPS) is 11.6. The van der Waals surface area contributed by atoms with E-state index < -0.39 is 0 Å². The molecule has 3 rings (SSSR count). The van der Waals surface area contributed by atoms with E-state index in [9.17, 15) is 5.11 Å². The standard InChI is InChI=1S/C20H19N3OS2/c1-22(2)16-10-12-23(13-11-16)18(19(24)17-9-6-14-26-17)20(25)21-15-7-4-3-5-8-15/h3-14H,1-2H3,(H-,21,24,25)/p+1. The summed E-state index contributed by atoms with van der Waals surface area (Å²) in [6.07, 6.45) is 3.79. The Morgan fingerprint density at radius 1 is 1.04 bits per heavy atom. The summed E-state index contributed by atoms with van der Waals surface area (Å²) in [7, 11) is 3.97.